The number of rotatable bonds is 30. The molecule has 7 N–H and O–H groups in total. The second-order valence-electron chi connectivity index (χ2n) is 20.5. The topological polar surface area (TPSA) is 231 Å². The largest absolute Gasteiger partial charge is 0.394 e. The summed E-state index contributed by atoms with van der Waals surface area (Å²) in [7, 11) is 1.37. The lowest BCUT2D eigenvalue weighted by molar-refractivity contribution is -0.143. The molecule has 0 bridgehead atoms. The molecule has 1 aliphatic heterocycles. The van der Waals surface area contributed by atoms with Gasteiger partial charge in [0.25, 0.3) is 5.91 Å². The molecule has 2 heterocycles. The van der Waals surface area contributed by atoms with E-state index < -0.39 is 72.2 Å². The SMILES string of the molecule is CC(C)CC(NC(=O)C(CCCCNC(=O)c1cccnc1)NC(=O)C(Cc1ccccc1)N(C)C(=O)C(CO)NC(=O)C(Cc1ccc(-c2ccccc2)cc1)NC(=O)CCc1ccc(F)cc1)C(=O)NCCN1CCCC1. The van der Waals surface area contributed by atoms with E-state index in [0.29, 0.717) is 54.6 Å². The molecular formula is C61H76FN9O8. The summed E-state index contributed by atoms with van der Waals surface area (Å²) in [6.45, 7) is 6.29. The van der Waals surface area contributed by atoms with Crippen LogP contribution in [0.5, 0.6) is 0 Å². The number of halogens is 1. The Labute approximate surface area is 462 Å². The van der Waals surface area contributed by atoms with Crippen LogP contribution in [0, 0.1) is 11.7 Å². The van der Waals surface area contributed by atoms with E-state index in [4.69, 9.17) is 0 Å². The summed E-state index contributed by atoms with van der Waals surface area (Å²) in [4.78, 5) is 106. The van der Waals surface area contributed by atoms with Crippen LogP contribution < -0.4 is 31.9 Å². The fraction of sp³-hybridized carbons (Fsp3) is 0.410. The fourth-order valence-corrected chi connectivity index (χ4v) is 9.44. The highest BCUT2D eigenvalue weighted by atomic mass is 19.1. The monoisotopic (exact) mass is 1080 g/mol. The number of aryl methyl sites for hydroxylation is 1. The van der Waals surface area contributed by atoms with Gasteiger partial charge >= 0.3 is 0 Å². The Morgan fingerprint density at radius 2 is 1.25 bits per heavy atom. The van der Waals surface area contributed by atoms with Gasteiger partial charge in [-0.1, -0.05) is 111 Å². The lowest BCUT2D eigenvalue weighted by atomic mass is 9.99. The summed E-state index contributed by atoms with van der Waals surface area (Å²) >= 11 is 0. The molecule has 0 saturated carbocycles. The van der Waals surface area contributed by atoms with Crippen LogP contribution in [-0.4, -0.2) is 138 Å². The van der Waals surface area contributed by atoms with Crippen LogP contribution in [0.1, 0.15) is 85.8 Å². The zero-order valence-corrected chi connectivity index (χ0v) is 45.5. The zero-order chi connectivity index (χ0) is 56.5. The molecule has 0 aliphatic carbocycles. The minimum Gasteiger partial charge on any atom is -0.394 e. The minimum atomic E-state index is -1.58. The van der Waals surface area contributed by atoms with Gasteiger partial charge in [-0.05, 0) is 116 Å². The molecule has 1 saturated heterocycles. The molecule has 1 fully saturated rings. The number of unbranched alkanes of at least 4 members (excludes halogenated alkanes) is 1. The average Bonchev–Trinajstić information content (AvgIpc) is 3.99. The van der Waals surface area contributed by atoms with Gasteiger partial charge < -0.3 is 46.8 Å². The molecule has 5 unspecified atom stereocenters. The van der Waals surface area contributed by atoms with Crippen LogP contribution in [0.25, 0.3) is 11.1 Å². The Hall–Kier alpha value is -7.83. The Morgan fingerprint density at radius 1 is 0.633 bits per heavy atom. The molecule has 7 amide bonds. The van der Waals surface area contributed by atoms with Crippen molar-refractivity contribution >= 4 is 41.4 Å². The first-order valence-electron chi connectivity index (χ1n) is 27.4. The number of carbonyl (C=O) groups is 7. The van der Waals surface area contributed by atoms with Crippen LogP contribution >= 0.6 is 0 Å². The van der Waals surface area contributed by atoms with Gasteiger partial charge in [0.2, 0.25) is 35.4 Å². The number of nitrogens with one attached hydrogen (secondary N) is 6. The van der Waals surface area contributed by atoms with Crippen molar-refractivity contribution in [1.29, 1.82) is 0 Å². The van der Waals surface area contributed by atoms with E-state index in [9.17, 15) is 43.1 Å². The Morgan fingerprint density at radius 3 is 1.91 bits per heavy atom. The van der Waals surface area contributed by atoms with E-state index in [0.717, 1.165) is 42.0 Å². The standard InChI is InChI=1S/C61H76FN9O8/c1-42(2)37-51(57(75)65-33-36-71-34-12-13-35-71)68-58(76)50(20-10-11-32-64-56(74)48-19-14-31-63-40-48)67-60(78)54(39-44-15-6-4-7-16-44)70(3)61(79)53(41-72)69-59(77)52(66-55(73)30-25-43-23-28-49(62)29-24-43)38-45-21-26-47(27-22-45)46-17-8-5-9-18-46/h4-9,14-19,21-24,26-29,31,40,42,50-54,72H,10-13,20,25,30,32-39,41H2,1-3H3,(H,64,74)(H,65,75)(H,66,73)(H,67,78)(H,68,76)(H,69,77). The molecule has 6 rings (SSSR count). The number of hydrogen-bond donors (Lipinski definition) is 7. The van der Waals surface area contributed by atoms with E-state index in [1.807, 2.05) is 68.4 Å². The Balaban J connectivity index is 1.20. The predicted octanol–water partition coefficient (Wildman–Crippen LogP) is 4.92. The van der Waals surface area contributed by atoms with Gasteiger partial charge in [-0.15, -0.1) is 0 Å². The summed E-state index contributed by atoms with van der Waals surface area (Å²) in [5, 5.41) is 27.9. The molecule has 5 aromatic rings. The number of hydrogen-bond acceptors (Lipinski definition) is 10. The molecule has 4 aromatic carbocycles. The number of nitrogens with zero attached hydrogens (tertiary/aromatic N) is 3. The quantitative estimate of drug-likeness (QED) is 0.0307. The van der Waals surface area contributed by atoms with Crippen molar-refractivity contribution in [3.8, 4) is 11.1 Å². The third kappa shape index (κ3) is 19.9. The first-order chi connectivity index (χ1) is 38.2. The maximum absolute atomic E-state index is 14.8. The number of pyridine rings is 1. The molecule has 0 radical (unpaired) electrons. The molecule has 0 spiro atoms. The van der Waals surface area contributed by atoms with Gasteiger partial charge in [-0.2, -0.15) is 0 Å². The highest BCUT2D eigenvalue weighted by Gasteiger charge is 2.36. The molecule has 5 atom stereocenters. The minimum absolute atomic E-state index is 0.0169. The fourth-order valence-electron chi connectivity index (χ4n) is 9.44. The number of aromatic nitrogens is 1. The van der Waals surface area contributed by atoms with Crippen molar-refractivity contribution < 1.29 is 43.1 Å². The third-order valence-corrected chi connectivity index (χ3v) is 13.9. The van der Waals surface area contributed by atoms with Crippen molar-refractivity contribution in [2.75, 3.05) is 46.4 Å². The molecule has 18 heteroatoms. The highest BCUT2D eigenvalue weighted by Crippen LogP contribution is 2.21. The third-order valence-electron chi connectivity index (χ3n) is 13.9. The molecule has 17 nitrogen and oxygen atoms in total. The average molecular weight is 1080 g/mol. The molecule has 1 aliphatic rings. The van der Waals surface area contributed by atoms with Crippen molar-refractivity contribution in [2.45, 2.75) is 108 Å². The first kappa shape index (κ1) is 60.4. The van der Waals surface area contributed by atoms with Gasteiger partial charge in [-0.3, -0.25) is 38.5 Å². The van der Waals surface area contributed by atoms with Crippen molar-refractivity contribution in [2.24, 2.45) is 5.92 Å². The first-order valence-corrected chi connectivity index (χ1v) is 27.4. The zero-order valence-electron chi connectivity index (χ0n) is 45.5. The van der Waals surface area contributed by atoms with E-state index >= 15 is 0 Å². The number of benzene rings is 4. The summed E-state index contributed by atoms with van der Waals surface area (Å²) < 4.78 is 13.6. The molecule has 79 heavy (non-hydrogen) atoms. The number of aliphatic hydroxyl groups is 1. The van der Waals surface area contributed by atoms with E-state index in [1.165, 1.54) is 25.4 Å². The number of likely N-dealkylation sites (tertiary alicyclic amines) is 1. The Kier molecular flexibility index (Phi) is 24.1. The number of amides is 7. The maximum atomic E-state index is 14.8. The van der Waals surface area contributed by atoms with Gasteiger partial charge in [0, 0.05) is 58.3 Å². The summed E-state index contributed by atoms with van der Waals surface area (Å²) in [5.41, 5.74) is 4.40. The molecule has 420 valence electrons. The van der Waals surface area contributed by atoms with E-state index in [-0.39, 0.29) is 56.4 Å². The lowest BCUT2D eigenvalue weighted by Crippen LogP contribution is -2.60. The second-order valence-corrected chi connectivity index (χ2v) is 20.5. The smallest absolute Gasteiger partial charge is 0.252 e. The summed E-state index contributed by atoms with van der Waals surface area (Å²) in [5.74, 6) is -4.45. The lowest BCUT2D eigenvalue weighted by Gasteiger charge is -2.32. The van der Waals surface area contributed by atoms with Crippen LogP contribution in [0.3, 0.4) is 0 Å². The molecular weight excluding hydrogens is 1010 g/mol. The Bertz CT molecular complexity index is 2730. The van der Waals surface area contributed by atoms with E-state index in [2.05, 4.69) is 41.8 Å². The van der Waals surface area contributed by atoms with Gasteiger partial charge in [0.1, 0.15) is 36.0 Å². The normalized spacial score (nSPS) is 14.2. The number of carbonyl (C=O) groups excluding carboxylic acids is 7. The number of likely N-dealkylation sites (N-methyl/N-ethyl adjacent to an activating group) is 1. The van der Waals surface area contributed by atoms with E-state index in [1.54, 1.807) is 60.8 Å². The highest BCUT2D eigenvalue weighted by molar-refractivity contribution is 5.97. The molecule has 1 aromatic heterocycles. The maximum Gasteiger partial charge on any atom is 0.252 e. The van der Waals surface area contributed by atoms with Crippen LogP contribution in [-0.2, 0) is 48.0 Å². The summed E-state index contributed by atoms with van der Waals surface area (Å²) in [6.07, 6.45) is 6.66. The van der Waals surface area contributed by atoms with Gasteiger partial charge in [-0.25, -0.2) is 4.39 Å². The second kappa shape index (κ2) is 31.5. The van der Waals surface area contributed by atoms with Crippen molar-refractivity contribution in [1.82, 2.24) is 46.7 Å². The number of aliphatic hydroxyl groups excluding tert-OH is 1. The van der Waals surface area contributed by atoms with Crippen LogP contribution in [0.2, 0.25) is 0 Å². The van der Waals surface area contributed by atoms with Gasteiger partial charge in [0.05, 0.1) is 12.2 Å². The predicted molar refractivity (Wildman–Crippen MR) is 300 cm³/mol. The van der Waals surface area contributed by atoms with Crippen molar-refractivity contribution in [3.05, 3.63) is 162 Å². The summed E-state index contributed by atoms with van der Waals surface area (Å²) in [6, 6.07) is 29.0. The van der Waals surface area contributed by atoms with Crippen molar-refractivity contribution in [3.63, 3.8) is 0 Å². The van der Waals surface area contributed by atoms with Gasteiger partial charge in [0.15, 0.2) is 0 Å². The van der Waals surface area contributed by atoms with Crippen LogP contribution in [0.15, 0.2) is 134 Å². The van der Waals surface area contributed by atoms with Crippen LogP contribution in [0.4, 0.5) is 4.39 Å².